The molecule has 0 amide bonds. The van der Waals surface area contributed by atoms with Crippen molar-refractivity contribution in [3.8, 4) is 11.1 Å². The first kappa shape index (κ1) is 19.4. The Labute approximate surface area is 160 Å². The first-order valence-electron chi connectivity index (χ1n) is 9.60. The Balaban J connectivity index is 1.77. The van der Waals surface area contributed by atoms with Gasteiger partial charge < -0.3 is 4.74 Å². The number of hydrogen-bond donors (Lipinski definition) is 0. The van der Waals surface area contributed by atoms with Gasteiger partial charge in [0.2, 0.25) is 0 Å². The second-order valence-corrected chi connectivity index (χ2v) is 7.71. The van der Waals surface area contributed by atoms with E-state index in [0.717, 1.165) is 6.42 Å². The van der Waals surface area contributed by atoms with Gasteiger partial charge in [-0.1, -0.05) is 12.1 Å². The van der Waals surface area contributed by atoms with E-state index in [1.807, 2.05) is 6.92 Å². The number of hydrogen-bond acceptors (Lipinski definition) is 1. The Bertz CT molecular complexity index is 916. The number of halogens is 5. The molecule has 6 heteroatoms. The Kier molecular flexibility index (Phi) is 5.17. The largest absolute Gasteiger partial charge is 0.378 e. The second-order valence-electron chi connectivity index (χ2n) is 7.71. The molecule has 0 radical (unpaired) electrons. The molecule has 1 nitrogen and oxygen atoms in total. The van der Waals surface area contributed by atoms with Crippen LogP contribution in [0.3, 0.4) is 0 Å². The number of rotatable bonds is 4. The fourth-order valence-electron chi connectivity index (χ4n) is 4.33. The van der Waals surface area contributed by atoms with Crippen molar-refractivity contribution in [1.29, 1.82) is 0 Å². The third-order valence-corrected chi connectivity index (χ3v) is 5.83. The lowest BCUT2D eigenvalue weighted by molar-refractivity contribution is 0.0147. The molecule has 150 valence electrons. The van der Waals surface area contributed by atoms with Gasteiger partial charge in [-0.2, -0.15) is 0 Å². The minimum absolute atomic E-state index is 0.0581. The van der Waals surface area contributed by atoms with Crippen molar-refractivity contribution >= 4 is 0 Å². The number of benzene rings is 2. The number of alkyl halides is 1. The Hall–Kier alpha value is -1.95. The van der Waals surface area contributed by atoms with Gasteiger partial charge in [0.05, 0.1) is 19.4 Å². The molecule has 1 aliphatic carbocycles. The predicted octanol–water partition coefficient (Wildman–Crippen LogP) is 6.00. The molecule has 1 fully saturated rings. The predicted molar refractivity (Wildman–Crippen MR) is 96.2 cm³/mol. The molecule has 2 aliphatic rings. The van der Waals surface area contributed by atoms with Gasteiger partial charge in [0.1, 0.15) is 0 Å². The van der Waals surface area contributed by atoms with Gasteiger partial charge in [-0.3, -0.25) is 4.39 Å². The molecule has 1 heterocycles. The molecule has 2 aromatic rings. The molecule has 0 saturated carbocycles. The third kappa shape index (κ3) is 3.11. The van der Waals surface area contributed by atoms with E-state index in [0.29, 0.717) is 24.2 Å². The van der Waals surface area contributed by atoms with Crippen LogP contribution in [0.15, 0.2) is 12.1 Å². The molecule has 2 unspecified atom stereocenters. The summed E-state index contributed by atoms with van der Waals surface area (Å²) in [6.45, 7) is 1.60. The summed E-state index contributed by atoms with van der Waals surface area (Å²) in [4.78, 5) is 0. The Morgan fingerprint density at radius 1 is 0.929 bits per heavy atom. The maximum atomic E-state index is 14.9. The molecule has 1 saturated heterocycles. The lowest BCUT2D eigenvalue weighted by Crippen LogP contribution is -2.23. The van der Waals surface area contributed by atoms with Crippen LogP contribution < -0.4 is 0 Å². The normalized spacial score (nSPS) is 20.9. The summed E-state index contributed by atoms with van der Waals surface area (Å²) in [6, 6.07) is 3.02. The summed E-state index contributed by atoms with van der Waals surface area (Å²) >= 11 is 0. The summed E-state index contributed by atoms with van der Waals surface area (Å²) in [5.41, 5.74) is 0.741. The molecular weight excluding hydrogens is 375 g/mol. The summed E-state index contributed by atoms with van der Waals surface area (Å²) in [6.07, 6.45) is 1.85. The SMILES string of the molecule is CC1CCC(c2cc3c(c(F)c2F)-c2c(cc(CCCF)c(F)c2F)C3)CO1. The van der Waals surface area contributed by atoms with Gasteiger partial charge in [-0.25, -0.2) is 17.6 Å². The van der Waals surface area contributed by atoms with Gasteiger partial charge >= 0.3 is 0 Å². The van der Waals surface area contributed by atoms with Crippen molar-refractivity contribution in [2.45, 2.75) is 51.0 Å². The second kappa shape index (κ2) is 7.47. The van der Waals surface area contributed by atoms with Crippen LogP contribution in [0.4, 0.5) is 22.0 Å². The maximum Gasteiger partial charge on any atom is 0.167 e. The van der Waals surface area contributed by atoms with Gasteiger partial charge in [0.25, 0.3) is 0 Å². The molecule has 2 aromatic carbocycles. The van der Waals surface area contributed by atoms with Crippen LogP contribution in [-0.2, 0) is 17.6 Å². The van der Waals surface area contributed by atoms with Crippen LogP contribution in [0.1, 0.15) is 54.4 Å². The zero-order valence-electron chi connectivity index (χ0n) is 15.6. The molecule has 2 atom stereocenters. The quantitative estimate of drug-likeness (QED) is 0.492. The molecule has 4 rings (SSSR count). The van der Waals surface area contributed by atoms with Crippen LogP contribution in [-0.4, -0.2) is 19.4 Å². The number of aryl methyl sites for hydroxylation is 1. The highest BCUT2D eigenvalue weighted by molar-refractivity contribution is 5.79. The van der Waals surface area contributed by atoms with Gasteiger partial charge in [0, 0.05) is 17.0 Å². The van der Waals surface area contributed by atoms with Crippen LogP contribution in [0.5, 0.6) is 0 Å². The molecular formula is C22H21F5O. The summed E-state index contributed by atoms with van der Waals surface area (Å²) in [5.74, 6) is -4.72. The molecule has 0 spiro atoms. The van der Waals surface area contributed by atoms with E-state index in [1.54, 1.807) is 6.07 Å². The minimum Gasteiger partial charge on any atom is -0.378 e. The lowest BCUT2D eigenvalue weighted by atomic mass is 9.88. The molecule has 1 aliphatic heterocycles. The van der Waals surface area contributed by atoms with Crippen LogP contribution >= 0.6 is 0 Å². The van der Waals surface area contributed by atoms with Crippen LogP contribution in [0.25, 0.3) is 11.1 Å². The van der Waals surface area contributed by atoms with Crippen molar-refractivity contribution in [1.82, 2.24) is 0 Å². The van der Waals surface area contributed by atoms with Crippen LogP contribution in [0, 0.1) is 23.3 Å². The van der Waals surface area contributed by atoms with E-state index >= 15 is 0 Å². The van der Waals surface area contributed by atoms with E-state index in [-0.39, 0.29) is 53.5 Å². The highest BCUT2D eigenvalue weighted by Gasteiger charge is 2.34. The zero-order valence-corrected chi connectivity index (χ0v) is 15.6. The van der Waals surface area contributed by atoms with Crippen molar-refractivity contribution < 1.29 is 26.7 Å². The van der Waals surface area contributed by atoms with E-state index in [9.17, 15) is 22.0 Å². The molecule has 0 N–H and O–H groups in total. The monoisotopic (exact) mass is 396 g/mol. The topological polar surface area (TPSA) is 9.23 Å². The number of fused-ring (bicyclic) bond motifs is 3. The van der Waals surface area contributed by atoms with Crippen LogP contribution in [0.2, 0.25) is 0 Å². The molecule has 28 heavy (non-hydrogen) atoms. The van der Waals surface area contributed by atoms with Gasteiger partial charge in [-0.15, -0.1) is 0 Å². The average molecular weight is 396 g/mol. The first-order chi connectivity index (χ1) is 13.4. The fraction of sp³-hybridized carbons (Fsp3) is 0.455. The van der Waals surface area contributed by atoms with Crippen molar-refractivity contribution in [2.75, 3.05) is 13.3 Å². The van der Waals surface area contributed by atoms with Crippen molar-refractivity contribution in [2.24, 2.45) is 0 Å². The summed E-state index contributed by atoms with van der Waals surface area (Å²) in [7, 11) is 0. The minimum atomic E-state index is -1.19. The van der Waals surface area contributed by atoms with Crippen molar-refractivity contribution in [3.63, 3.8) is 0 Å². The van der Waals surface area contributed by atoms with Gasteiger partial charge in [-0.05, 0) is 61.3 Å². The van der Waals surface area contributed by atoms with E-state index in [4.69, 9.17) is 4.74 Å². The lowest BCUT2D eigenvalue weighted by Gasteiger charge is -2.28. The highest BCUT2D eigenvalue weighted by atomic mass is 19.2. The molecule has 0 bridgehead atoms. The van der Waals surface area contributed by atoms with E-state index < -0.39 is 29.9 Å². The fourth-order valence-corrected chi connectivity index (χ4v) is 4.33. The third-order valence-electron chi connectivity index (χ3n) is 5.83. The average Bonchev–Trinajstić information content (AvgIpc) is 3.05. The van der Waals surface area contributed by atoms with Crippen molar-refractivity contribution in [3.05, 3.63) is 57.7 Å². The highest BCUT2D eigenvalue weighted by Crippen LogP contribution is 2.45. The van der Waals surface area contributed by atoms with E-state index in [2.05, 4.69) is 0 Å². The molecule has 0 aromatic heterocycles. The van der Waals surface area contributed by atoms with E-state index in [1.165, 1.54) is 6.07 Å². The zero-order chi connectivity index (χ0) is 20.0. The Morgan fingerprint density at radius 2 is 1.61 bits per heavy atom. The standard InChI is InChI=1S/C22H21F5O/c1-11-4-5-13(10-28-11)16-9-15-8-14-7-12(3-2-6-23)19(24)21(26)17(14)18(15)22(27)20(16)25/h7,9,11,13H,2-6,8,10H2,1H3. The number of ether oxygens (including phenoxy) is 1. The summed E-state index contributed by atoms with van der Waals surface area (Å²) in [5, 5.41) is 0. The Morgan fingerprint density at radius 3 is 2.25 bits per heavy atom. The maximum absolute atomic E-state index is 14.9. The smallest absolute Gasteiger partial charge is 0.167 e. The first-order valence-corrected chi connectivity index (χ1v) is 9.60. The summed E-state index contributed by atoms with van der Waals surface area (Å²) < 4.78 is 76.8. The van der Waals surface area contributed by atoms with Gasteiger partial charge in [0.15, 0.2) is 23.3 Å².